The Morgan fingerprint density at radius 1 is 1.33 bits per heavy atom. The van der Waals surface area contributed by atoms with E-state index < -0.39 is 6.04 Å². The van der Waals surface area contributed by atoms with Crippen LogP contribution in [0.3, 0.4) is 0 Å². The minimum atomic E-state index is -0.398. The van der Waals surface area contributed by atoms with Gasteiger partial charge in [-0.3, -0.25) is 9.69 Å². The highest BCUT2D eigenvalue weighted by molar-refractivity contribution is 5.85. The summed E-state index contributed by atoms with van der Waals surface area (Å²) in [5.41, 5.74) is 5.73. The number of carbonyl (C=O) groups excluding carboxylic acids is 1. The molecule has 1 amide bonds. The summed E-state index contributed by atoms with van der Waals surface area (Å²) in [5, 5.41) is 2.86. The molecule has 0 spiro atoms. The van der Waals surface area contributed by atoms with Crippen LogP contribution in [0.15, 0.2) is 0 Å². The molecule has 0 aromatic heterocycles. The first-order valence-corrected chi connectivity index (χ1v) is 5.94. The zero-order valence-corrected chi connectivity index (χ0v) is 12.7. The lowest BCUT2D eigenvalue weighted by Gasteiger charge is -2.26. The number of morpholine rings is 1. The lowest BCUT2D eigenvalue weighted by atomic mass is 10.1. The van der Waals surface area contributed by atoms with Crippen molar-refractivity contribution >= 4 is 30.7 Å². The smallest absolute Gasteiger partial charge is 0.237 e. The summed E-state index contributed by atoms with van der Waals surface area (Å²) in [7, 11) is 0. The fourth-order valence-electron chi connectivity index (χ4n) is 1.58. The van der Waals surface area contributed by atoms with Gasteiger partial charge < -0.3 is 15.8 Å². The van der Waals surface area contributed by atoms with E-state index in [1.54, 1.807) is 0 Å². The summed E-state index contributed by atoms with van der Waals surface area (Å²) < 4.78 is 5.25. The highest BCUT2D eigenvalue weighted by Crippen LogP contribution is 1.98. The maximum absolute atomic E-state index is 11.5. The van der Waals surface area contributed by atoms with Crippen molar-refractivity contribution in [2.45, 2.75) is 19.9 Å². The van der Waals surface area contributed by atoms with Gasteiger partial charge >= 0.3 is 0 Å². The quantitative estimate of drug-likeness (QED) is 0.764. The second kappa shape index (κ2) is 10.8. The molecular formula is C11H25Cl2N3O2. The Bertz CT molecular complexity index is 224. The standard InChI is InChI=1S/C11H23N3O2.2ClH/c1-9(2)10(12)11(15)13-3-4-14-5-7-16-8-6-14;;/h9-10H,3-8,12H2,1-2H3,(H,13,15);2*1H. The molecular weight excluding hydrogens is 277 g/mol. The van der Waals surface area contributed by atoms with Gasteiger partial charge in [0.25, 0.3) is 0 Å². The van der Waals surface area contributed by atoms with Gasteiger partial charge in [-0.1, -0.05) is 13.8 Å². The molecule has 5 nitrogen and oxygen atoms in total. The minimum absolute atomic E-state index is 0. The van der Waals surface area contributed by atoms with Crippen LogP contribution in [-0.4, -0.2) is 56.2 Å². The number of nitrogens with one attached hydrogen (secondary N) is 1. The van der Waals surface area contributed by atoms with Gasteiger partial charge in [0.1, 0.15) is 0 Å². The van der Waals surface area contributed by atoms with Crippen molar-refractivity contribution in [2.75, 3.05) is 39.4 Å². The van der Waals surface area contributed by atoms with Crippen LogP contribution >= 0.6 is 24.8 Å². The van der Waals surface area contributed by atoms with Crippen LogP contribution in [0.2, 0.25) is 0 Å². The van der Waals surface area contributed by atoms with Gasteiger partial charge in [-0.05, 0) is 5.92 Å². The van der Waals surface area contributed by atoms with Crippen LogP contribution in [0, 0.1) is 5.92 Å². The molecule has 1 aliphatic heterocycles. The molecule has 0 aliphatic carbocycles. The number of ether oxygens (including phenoxy) is 1. The summed E-state index contributed by atoms with van der Waals surface area (Å²) in [4.78, 5) is 13.8. The van der Waals surface area contributed by atoms with E-state index in [9.17, 15) is 4.79 Å². The maximum atomic E-state index is 11.5. The lowest BCUT2D eigenvalue weighted by molar-refractivity contribution is -0.123. The van der Waals surface area contributed by atoms with E-state index in [0.29, 0.717) is 6.54 Å². The maximum Gasteiger partial charge on any atom is 0.237 e. The Morgan fingerprint density at radius 2 is 1.89 bits per heavy atom. The van der Waals surface area contributed by atoms with Crippen molar-refractivity contribution in [3.8, 4) is 0 Å². The Balaban J connectivity index is 0. The lowest BCUT2D eigenvalue weighted by Crippen LogP contribution is -2.47. The van der Waals surface area contributed by atoms with Gasteiger partial charge in [-0.2, -0.15) is 0 Å². The van der Waals surface area contributed by atoms with Crippen molar-refractivity contribution in [1.82, 2.24) is 10.2 Å². The summed E-state index contributed by atoms with van der Waals surface area (Å²) in [6.45, 7) is 8.93. The van der Waals surface area contributed by atoms with Crippen LogP contribution in [0.5, 0.6) is 0 Å². The van der Waals surface area contributed by atoms with Crippen LogP contribution in [-0.2, 0) is 9.53 Å². The van der Waals surface area contributed by atoms with Gasteiger partial charge in [-0.25, -0.2) is 0 Å². The van der Waals surface area contributed by atoms with Crippen LogP contribution in [0.1, 0.15) is 13.8 Å². The molecule has 18 heavy (non-hydrogen) atoms. The number of hydrogen-bond donors (Lipinski definition) is 2. The van der Waals surface area contributed by atoms with Crippen LogP contribution < -0.4 is 11.1 Å². The zero-order valence-electron chi connectivity index (χ0n) is 11.1. The Morgan fingerprint density at radius 3 is 2.39 bits per heavy atom. The number of nitrogens with zero attached hydrogens (tertiary/aromatic N) is 1. The molecule has 1 saturated heterocycles. The summed E-state index contributed by atoms with van der Waals surface area (Å²) in [5.74, 6) is 0.131. The summed E-state index contributed by atoms with van der Waals surface area (Å²) >= 11 is 0. The Labute approximate surface area is 122 Å². The molecule has 0 aromatic carbocycles. The summed E-state index contributed by atoms with van der Waals surface area (Å²) in [6.07, 6.45) is 0. The fourth-order valence-corrected chi connectivity index (χ4v) is 1.58. The van der Waals surface area contributed by atoms with Crippen molar-refractivity contribution in [1.29, 1.82) is 0 Å². The van der Waals surface area contributed by atoms with E-state index >= 15 is 0 Å². The average molecular weight is 302 g/mol. The summed E-state index contributed by atoms with van der Waals surface area (Å²) in [6, 6.07) is -0.398. The second-order valence-corrected chi connectivity index (χ2v) is 4.51. The third-order valence-corrected chi connectivity index (χ3v) is 2.85. The van der Waals surface area contributed by atoms with Gasteiger partial charge in [0.15, 0.2) is 0 Å². The van der Waals surface area contributed by atoms with E-state index in [0.717, 1.165) is 32.8 Å². The van der Waals surface area contributed by atoms with E-state index in [1.807, 2.05) is 13.8 Å². The molecule has 1 heterocycles. The molecule has 1 atom stereocenters. The van der Waals surface area contributed by atoms with Gasteiger partial charge in [0.05, 0.1) is 19.3 Å². The number of carbonyl (C=O) groups is 1. The number of rotatable bonds is 5. The van der Waals surface area contributed by atoms with Gasteiger partial charge in [0.2, 0.25) is 5.91 Å². The number of amides is 1. The van der Waals surface area contributed by atoms with Gasteiger partial charge in [0, 0.05) is 26.2 Å². The average Bonchev–Trinajstić information content (AvgIpc) is 2.29. The molecule has 0 radical (unpaired) electrons. The van der Waals surface area contributed by atoms with Gasteiger partial charge in [-0.15, -0.1) is 24.8 Å². The van der Waals surface area contributed by atoms with Crippen molar-refractivity contribution in [3.05, 3.63) is 0 Å². The first-order chi connectivity index (χ1) is 7.61. The Kier molecular flexibility index (Phi) is 12.2. The van der Waals surface area contributed by atoms with Crippen molar-refractivity contribution < 1.29 is 9.53 Å². The third-order valence-electron chi connectivity index (χ3n) is 2.85. The number of hydrogen-bond acceptors (Lipinski definition) is 4. The molecule has 1 aliphatic rings. The molecule has 0 saturated carbocycles. The zero-order chi connectivity index (χ0) is 12.0. The normalized spacial score (nSPS) is 17.6. The van der Waals surface area contributed by atoms with Crippen molar-refractivity contribution in [2.24, 2.45) is 11.7 Å². The predicted octanol–water partition coefficient (Wildman–Crippen LogP) is 0.262. The van der Waals surface area contributed by atoms with Crippen LogP contribution in [0.4, 0.5) is 0 Å². The minimum Gasteiger partial charge on any atom is -0.379 e. The molecule has 1 fully saturated rings. The first-order valence-electron chi connectivity index (χ1n) is 5.94. The highest BCUT2D eigenvalue weighted by Gasteiger charge is 2.17. The van der Waals surface area contributed by atoms with E-state index in [-0.39, 0.29) is 36.6 Å². The van der Waals surface area contributed by atoms with Crippen LogP contribution in [0.25, 0.3) is 0 Å². The molecule has 110 valence electrons. The second-order valence-electron chi connectivity index (χ2n) is 4.51. The number of nitrogens with two attached hydrogens (primary N) is 1. The fraction of sp³-hybridized carbons (Fsp3) is 0.909. The SMILES string of the molecule is CC(C)C(N)C(=O)NCCN1CCOCC1.Cl.Cl. The first kappa shape index (κ1) is 20.3. The molecule has 3 N–H and O–H groups in total. The molecule has 0 aromatic rings. The highest BCUT2D eigenvalue weighted by atomic mass is 35.5. The van der Waals surface area contributed by atoms with E-state index in [2.05, 4.69) is 10.2 Å². The molecule has 1 unspecified atom stereocenters. The molecule has 7 heteroatoms. The topological polar surface area (TPSA) is 67.6 Å². The predicted molar refractivity (Wildman–Crippen MR) is 77.6 cm³/mol. The molecule has 1 rings (SSSR count). The third kappa shape index (κ3) is 7.38. The van der Waals surface area contributed by atoms with Crippen molar-refractivity contribution in [3.63, 3.8) is 0 Å². The van der Waals surface area contributed by atoms with E-state index in [4.69, 9.17) is 10.5 Å². The largest absolute Gasteiger partial charge is 0.379 e. The molecule has 0 bridgehead atoms. The monoisotopic (exact) mass is 301 g/mol. The number of halogens is 2. The Hall–Kier alpha value is -0.0700. The van der Waals surface area contributed by atoms with E-state index in [1.165, 1.54) is 0 Å².